The molecule has 0 aromatic carbocycles. The molecule has 0 aliphatic rings. The molecule has 3 N–H and O–H groups in total. The van der Waals surface area contributed by atoms with Gasteiger partial charge in [-0.05, 0) is 12.3 Å². The highest BCUT2D eigenvalue weighted by Gasteiger charge is 2.26. The molecular formula is C12H24N2O4. The lowest BCUT2D eigenvalue weighted by Gasteiger charge is -2.35. The zero-order valence-corrected chi connectivity index (χ0v) is 11.7. The van der Waals surface area contributed by atoms with Crippen molar-refractivity contribution < 1.29 is 19.8 Å². The number of aliphatic carboxylic acids is 1. The third kappa shape index (κ3) is 5.35. The summed E-state index contributed by atoms with van der Waals surface area (Å²) in [6.45, 7) is 8.19. The first-order valence-electron chi connectivity index (χ1n) is 5.99. The first kappa shape index (κ1) is 16.7. The fourth-order valence-corrected chi connectivity index (χ4v) is 1.32. The maximum atomic E-state index is 11.8. The Hall–Kier alpha value is -1.30. The molecular weight excluding hydrogens is 236 g/mol. The monoisotopic (exact) mass is 260 g/mol. The van der Waals surface area contributed by atoms with Crippen LogP contribution in [-0.4, -0.2) is 52.9 Å². The van der Waals surface area contributed by atoms with Crippen LogP contribution in [-0.2, 0) is 4.79 Å². The maximum Gasteiger partial charge on any atom is 0.332 e. The Balaban J connectivity index is 4.14. The highest BCUT2D eigenvalue weighted by atomic mass is 16.4. The number of nitrogens with one attached hydrogen (secondary N) is 1. The molecule has 0 radical (unpaired) electrons. The lowest BCUT2D eigenvalue weighted by Crippen LogP contribution is -2.48. The van der Waals surface area contributed by atoms with Crippen LogP contribution in [0.5, 0.6) is 0 Å². The van der Waals surface area contributed by atoms with Crippen molar-refractivity contribution in [1.82, 2.24) is 10.2 Å². The predicted molar refractivity (Wildman–Crippen MR) is 68.3 cm³/mol. The number of nitrogens with zero attached hydrogens (tertiary/aromatic N) is 1. The van der Waals surface area contributed by atoms with Gasteiger partial charge < -0.3 is 20.4 Å². The molecule has 0 aliphatic heterocycles. The van der Waals surface area contributed by atoms with Gasteiger partial charge in [0.1, 0.15) is 0 Å². The number of aliphatic hydroxyl groups excluding tert-OH is 1. The van der Waals surface area contributed by atoms with Crippen molar-refractivity contribution in [2.45, 2.75) is 46.3 Å². The molecule has 0 fully saturated rings. The van der Waals surface area contributed by atoms with Crippen molar-refractivity contribution in [2.24, 2.45) is 5.41 Å². The molecule has 0 aromatic rings. The lowest BCUT2D eigenvalue weighted by molar-refractivity contribution is -0.146. The highest BCUT2D eigenvalue weighted by Crippen LogP contribution is 2.22. The van der Waals surface area contributed by atoms with Crippen molar-refractivity contribution in [3.63, 3.8) is 0 Å². The second-order valence-corrected chi connectivity index (χ2v) is 5.53. The van der Waals surface area contributed by atoms with Crippen LogP contribution in [0.25, 0.3) is 0 Å². The number of carboxylic acids is 1. The molecule has 0 bridgehead atoms. The van der Waals surface area contributed by atoms with Crippen molar-refractivity contribution in [3.05, 3.63) is 0 Å². The Morgan fingerprint density at radius 3 is 2.22 bits per heavy atom. The molecule has 0 aromatic heterocycles. The average Bonchev–Trinajstić information content (AvgIpc) is 2.25. The molecule has 106 valence electrons. The van der Waals surface area contributed by atoms with Gasteiger partial charge in [-0.1, -0.05) is 20.8 Å². The largest absolute Gasteiger partial charge is 0.479 e. The van der Waals surface area contributed by atoms with E-state index < -0.39 is 12.1 Å². The van der Waals surface area contributed by atoms with Gasteiger partial charge in [-0.3, -0.25) is 0 Å². The molecule has 0 heterocycles. The summed E-state index contributed by atoms with van der Waals surface area (Å²) < 4.78 is 0. The fourth-order valence-electron chi connectivity index (χ4n) is 1.32. The molecule has 6 nitrogen and oxygen atoms in total. The Morgan fingerprint density at radius 1 is 1.33 bits per heavy atom. The number of rotatable bonds is 5. The Morgan fingerprint density at radius 2 is 1.83 bits per heavy atom. The van der Waals surface area contributed by atoms with E-state index in [1.54, 1.807) is 11.9 Å². The van der Waals surface area contributed by atoms with Crippen LogP contribution in [0.1, 0.15) is 34.1 Å². The zero-order valence-electron chi connectivity index (χ0n) is 11.7. The van der Waals surface area contributed by atoms with Gasteiger partial charge in [0, 0.05) is 26.1 Å². The quantitative estimate of drug-likeness (QED) is 0.685. The van der Waals surface area contributed by atoms with Gasteiger partial charge in [-0.2, -0.15) is 0 Å². The summed E-state index contributed by atoms with van der Waals surface area (Å²) in [5.74, 6) is -1.28. The number of carbonyl (C=O) groups excluding carboxylic acids is 1. The molecule has 1 unspecified atom stereocenters. The molecule has 2 atom stereocenters. The number of carbonyl (C=O) groups is 2. The van der Waals surface area contributed by atoms with E-state index in [4.69, 9.17) is 10.2 Å². The molecule has 18 heavy (non-hydrogen) atoms. The highest BCUT2D eigenvalue weighted by molar-refractivity contribution is 5.74. The van der Waals surface area contributed by atoms with Crippen LogP contribution < -0.4 is 5.32 Å². The Labute approximate surface area is 108 Å². The predicted octanol–water partition coefficient (Wildman–Crippen LogP) is 0.898. The lowest BCUT2D eigenvalue weighted by atomic mass is 9.87. The molecule has 0 saturated heterocycles. The molecule has 0 rings (SSSR count). The van der Waals surface area contributed by atoms with Gasteiger partial charge in [0.05, 0.1) is 0 Å². The van der Waals surface area contributed by atoms with E-state index in [0.717, 1.165) is 0 Å². The summed E-state index contributed by atoms with van der Waals surface area (Å²) in [5, 5.41) is 20.1. The van der Waals surface area contributed by atoms with Crippen LogP contribution in [0.2, 0.25) is 0 Å². The van der Waals surface area contributed by atoms with Crippen molar-refractivity contribution in [3.8, 4) is 0 Å². The van der Waals surface area contributed by atoms with Gasteiger partial charge in [-0.25, -0.2) is 9.59 Å². The van der Waals surface area contributed by atoms with E-state index in [2.05, 4.69) is 5.32 Å². The van der Waals surface area contributed by atoms with Gasteiger partial charge in [0.25, 0.3) is 0 Å². The van der Waals surface area contributed by atoms with Crippen LogP contribution in [0, 0.1) is 5.41 Å². The summed E-state index contributed by atoms with van der Waals surface area (Å²) in [5.41, 5.74) is -0.0351. The van der Waals surface area contributed by atoms with Crippen LogP contribution in [0.15, 0.2) is 0 Å². The fraction of sp³-hybridized carbons (Fsp3) is 0.833. The number of urea groups is 1. The second kappa shape index (κ2) is 6.58. The van der Waals surface area contributed by atoms with Crippen LogP contribution in [0.3, 0.4) is 0 Å². The molecule has 0 aliphatic carbocycles. The first-order chi connectivity index (χ1) is 8.07. The standard InChI is InChI=1S/C12H24N2O4/c1-8(12(2,3)4)14(5)11(18)13-7-6-9(15)10(16)17/h8-9,15H,6-7H2,1-5H3,(H,13,18)(H,16,17)/t8?,9-/m0/s1. The summed E-state index contributed by atoms with van der Waals surface area (Å²) in [6.07, 6.45) is -1.44. The van der Waals surface area contributed by atoms with Gasteiger partial charge in [0.15, 0.2) is 6.10 Å². The van der Waals surface area contributed by atoms with Crippen molar-refractivity contribution in [2.75, 3.05) is 13.6 Å². The Kier molecular flexibility index (Phi) is 6.11. The minimum Gasteiger partial charge on any atom is -0.479 e. The number of amides is 2. The van der Waals surface area contributed by atoms with Crippen LogP contribution in [0.4, 0.5) is 4.79 Å². The molecule has 0 spiro atoms. The SMILES string of the molecule is CC(N(C)C(=O)NCC[C@H](O)C(=O)O)C(C)(C)C. The molecule has 0 saturated carbocycles. The first-order valence-corrected chi connectivity index (χ1v) is 5.99. The van der Waals surface area contributed by atoms with E-state index in [1.807, 2.05) is 27.7 Å². The topological polar surface area (TPSA) is 89.9 Å². The molecule has 6 heteroatoms. The number of aliphatic hydroxyl groups is 1. The average molecular weight is 260 g/mol. The normalized spacial score (nSPS) is 14.8. The minimum atomic E-state index is -1.43. The maximum absolute atomic E-state index is 11.8. The van der Waals surface area contributed by atoms with E-state index in [-0.39, 0.29) is 30.5 Å². The molecule has 2 amide bonds. The third-order valence-electron chi connectivity index (χ3n) is 3.13. The van der Waals surface area contributed by atoms with E-state index in [1.165, 1.54) is 0 Å². The van der Waals surface area contributed by atoms with Crippen LogP contribution >= 0.6 is 0 Å². The summed E-state index contributed by atoms with van der Waals surface area (Å²) in [6, 6.07) is -0.225. The van der Waals surface area contributed by atoms with Gasteiger partial charge in [-0.15, -0.1) is 0 Å². The van der Waals surface area contributed by atoms with E-state index >= 15 is 0 Å². The summed E-state index contributed by atoms with van der Waals surface area (Å²) in [4.78, 5) is 23.7. The van der Waals surface area contributed by atoms with Gasteiger partial charge in [0.2, 0.25) is 0 Å². The van der Waals surface area contributed by atoms with Gasteiger partial charge >= 0.3 is 12.0 Å². The number of hydrogen-bond donors (Lipinski definition) is 3. The number of carboxylic acid groups (broad SMARTS) is 1. The Bertz CT molecular complexity index is 299. The zero-order chi connectivity index (χ0) is 14.5. The van der Waals surface area contributed by atoms with Crippen molar-refractivity contribution in [1.29, 1.82) is 0 Å². The summed E-state index contributed by atoms with van der Waals surface area (Å²) in [7, 11) is 1.69. The third-order valence-corrected chi connectivity index (χ3v) is 3.13. The second-order valence-electron chi connectivity index (χ2n) is 5.53. The smallest absolute Gasteiger partial charge is 0.332 e. The summed E-state index contributed by atoms with van der Waals surface area (Å²) >= 11 is 0. The van der Waals surface area contributed by atoms with Crippen molar-refractivity contribution >= 4 is 12.0 Å². The minimum absolute atomic E-state index is 0.00118. The van der Waals surface area contributed by atoms with E-state index in [9.17, 15) is 9.59 Å². The number of hydrogen-bond acceptors (Lipinski definition) is 3. The van der Waals surface area contributed by atoms with E-state index in [0.29, 0.717) is 0 Å².